The highest BCUT2D eigenvalue weighted by molar-refractivity contribution is 6.42. The van der Waals surface area contributed by atoms with E-state index in [-0.39, 0.29) is 18.1 Å². The highest BCUT2D eigenvalue weighted by atomic mass is 35.5. The molecule has 0 radical (unpaired) electrons. The summed E-state index contributed by atoms with van der Waals surface area (Å²) in [6, 6.07) is 4.43. The number of urea groups is 1. The van der Waals surface area contributed by atoms with Gasteiger partial charge in [-0.1, -0.05) is 23.2 Å². The molecule has 1 N–H and O–H groups in total. The number of carbonyl (C=O) groups is 1. The van der Waals surface area contributed by atoms with Crippen molar-refractivity contribution in [2.45, 2.75) is 31.3 Å². The van der Waals surface area contributed by atoms with Crippen molar-refractivity contribution in [1.82, 2.24) is 9.88 Å². The van der Waals surface area contributed by atoms with E-state index in [0.717, 1.165) is 18.4 Å². The van der Waals surface area contributed by atoms with Gasteiger partial charge >= 0.3 is 6.03 Å². The van der Waals surface area contributed by atoms with E-state index in [4.69, 9.17) is 27.9 Å². The average Bonchev–Trinajstić information content (AvgIpc) is 2.94. The first-order chi connectivity index (χ1) is 12.5. The van der Waals surface area contributed by atoms with Crippen LogP contribution in [-0.2, 0) is 6.42 Å². The van der Waals surface area contributed by atoms with Gasteiger partial charge in [0.15, 0.2) is 0 Å². The molecule has 1 saturated heterocycles. The molecule has 2 unspecified atom stereocenters. The molecule has 26 heavy (non-hydrogen) atoms. The summed E-state index contributed by atoms with van der Waals surface area (Å²) in [7, 11) is 1.49. The Morgan fingerprint density at radius 1 is 1.35 bits per heavy atom. The number of halogens is 3. The Labute approximate surface area is 160 Å². The van der Waals surface area contributed by atoms with Gasteiger partial charge in [0.25, 0.3) is 0 Å². The van der Waals surface area contributed by atoms with Crippen LogP contribution in [0.3, 0.4) is 0 Å². The van der Waals surface area contributed by atoms with Crippen LogP contribution in [0.2, 0.25) is 10.0 Å². The highest BCUT2D eigenvalue weighted by Gasteiger charge is 2.43. The molecule has 2 amide bonds. The molecule has 8 heteroatoms. The molecule has 5 nitrogen and oxygen atoms in total. The van der Waals surface area contributed by atoms with Gasteiger partial charge in [0.05, 0.1) is 28.9 Å². The van der Waals surface area contributed by atoms with E-state index in [1.54, 1.807) is 23.1 Å². The van der Waals surface area contributed by atoms with Gasteiger partial charge in [-0.05, 0) is 37.0 Å². The molecule has 0 aliphatic carbocycles. The summed E-state index contributed by atoms with van der Waals surface area (Å²) >= 11 is 12.1. The molecule has 1 aromatic heterocycles. The van der Waals surface area contributed by atoms with Gasteiger partial charge in [-0.2, -0.15) is 4.39 Å². The minimum absolute atomic E-state index is 0.0556. The number of hydrogen-bond donors (Lipinski definition) is 1. The third-order valence-electron chi connectivity index (χ3n) is 5.06. The van der Waals surface area contributed by atoms with Crippen LogP contribution >= 0.6 is 23.2 Å². The molecule has 0 spiro atoms. The molecule has 4 rings (SSSR count). The van der Waals surface area contributed by atoms with E-state index < -0.39 is 5.95 Å². The summed E-state index contributed by atoms with van der Waals surface area (Å²) in [4.78, 5) is 18.5. The molecule has 136 valence electrons. The number of amides is 2. The molecule has 3 heterocycles. The molecule has 0 saturated carbocycles. The minimum Gasteiger partial charge on any atom is -0.495 e. The normalized spacial score (nSPS) is 20.7. The number of nitrogens with zero attached hydrogens (tertiary/aromatic N) is 2. The highest BCUT2D eigenvalue weighted by Crippen LogP contribution is 2.44. The van der Waals surface area contributed by atoms with Gasteiger partial charge in [-0.3, -0.25) is 0 Å². The Morgan fingerprint density at radius 2 is 2.12 bits per heavy atom. The van der Waals surface area contributed by atoms with E-state index in [1.807, 2.05) is 0 Å². The van der Waals surface area contributed by atoms with Crippen LogP contribution in [0, 0.1) is 5.95 Å². The molecule has 2 atom stereocenters. The monoisotopic (exact) mass is 395 g/mol. The van der Waals surface area contributed by atoms with Gasteiger partial charge in [0, 0.05) is 23.9 Å². The smallest absolute Gasteiger partial charge is 0.322 e. The van der Waals surface area contributed by atoms with Gasteiger partial charge in [-0.15, -0.1) is 0 Å². The van der Waals surface area contributed by atoms with Gasteiger partial charge in [0.1, 0.15) is 5.75 Å². The Morgan fingerprint density at radius 3 is 2.88 bits per heavy atom. The number of ether oxygens (including phenoxy) is 1. The fourth-order valence-corrected chi connectivity index (χ4v) is 4.22. The molecule has 1 fully saturated rings. The van der Waals surface area contributed by atoms with Crippen LogP contribution in [0.15, 0.2) is 24.4 Å². The van der Waals surface area contributed by atoms with E-state index in [0.29, 0.717) is 33.5 Å². The van der Waals surface area contributed by atoms with E-state index in [9.17, 15) is 9.18 Å². The van der Waals surface area contributed by atoms with Crippen molar-refractivity contribution in [3.8, 4) is 5.75 Å². The molecule has 1 aromatic carbocycles. The van der Waals surface area contributed by atoms with Crippen LogP contribution in [0.5, 0.6) is 5.75 Å². The number of hydrogen-bond acceptors (Lipinski definition) is 3. The molecular formula is C18H16Cl2FN3O2. The van der Waals surface area contributed by atoms with E-state index in [1.165, 1.54) is 13.3 Å². The predicted octanol–water partition coefficient (Wildman–Crippen LogP) is 4.83. The van der Waals surface area contributed by atoms with Gasteiger partial charge in [-0.25, -0.2) is 9.78 Å². The average molecular weight is 396 g/mol. The third kappa shape index (κ3) is 2.77. The quantitative estimate of drug-likeness (QED) is 0.740. The minimum atomic E-state index is -0.439. The first-order valence-corrected chi connectivity index (χ1v) is 9.00. The topological polar surface area (TPSA) is 54.5 Å². The summed E-state index contributed by atoms with van der Waals surface area (Å²) in [6.07, 6.45) is 3.54. The number of pyridine rings is 1. The van der Waals surface area contributed by atoms with Crippen LogP contribution < -0.4 is 10.1 Å². The van der Waals surface area contributed by atoms with Crippen LogP contribution in [-0.4, -0.2) is 29.1 Å². The molecule has 2 aromatic rings. The maximum Gasteiger partial charge on any atom is 0.322 e. The lowest BCUT2D eigenvalue weighted by Crippen LogP contribution is -2.44. The Balaban J connectivity index is 1.63. The number of methoxy groups -OCH3 is 1. The maximum absolute atomic E-state index is 14.0. The standard InChI is InChI=1S/C18H16Cl2FN3O2/c1-26-16-8-13(20)12(19)7-14(16)23-18(25)24-9-2-3-15(24)10-4-5-22-17(21)11(10)6-9/h4-5,7-9,15H,2-3,6H2,1H3,(H,23,25). The summed E-state index contributed by atoms with van der Waals surface area (Å²) in [5.74, 6) is -0.0154. The van der Waals surface area contributed by atoms with E-state index in [2.05, 4.69) is 10.3 Å². The van der Waals surface area contributed by atoms with Crippen molar-refractivity contribution in [3.63, 3.8) is 0 Å². The zero-order valence-corrected chi connectivity index (χ0v) is 15.4. The fourth-order valence-electron chi connectivity index (χ4n) is 3.90. The van der Waals surface area contributed by atoms with Crippen molar-refractivity contribution < 1.29 is 13.9 Å². The lowest BCUT2D eigenvalue weighted by molar-refractivity contribution is 0.178. The Bertz CT molecular complexity index is 893. The fraction of sp³-hybridized carbons (Fsp3) is 0.333. The van der Waals surface area contributed by atoms with Crippen molar-refractivity contribution in [2.75, 3.05) is 12.4 Å². The summed E-state index contributed by atoms with van der Waals surface area (Å²) < 4.78 is 19.3. The zero-order chi connectivity index (χ0) is 18.4. The van der Waals surface area contributed by atoms with Crippen molar-refractivity contribution >= 4 is 34.9 Å². The first kappa shape index (κ1) is 17.4. The number of rotatable bonds is 2. The molecular weight excluding hydrogens is 380 g/mol. The summed E-state index contributed by atoms with van der Waals surface area (Å²) in [5, 5.41) is 3.52. The Hall–Kier alpha value is -2.05. The first-order valence-electron chi connectivity index (χ1n) is 8.25. The van der Waals surface area contributed by atoms with Gasteiger partial charge < -0.3 is 15.0 Å². The van der Waals surface area contributed by atoms with Crippen molar-refractivity contribution in [2.24, 2.45) is 0 Å². The second-order valence-corrected chi connectivity index (χ2v) is 7.24. The molecule has 2 aliphatic rings. The van der Waals surface area contributed by atoms with Crippen LogP contribution in [0.4, 0.5) is 14.9 Å². The second kappa shape index (κ2) is 6.59. The third-order valence-corrected chi connectivity index (χ3v) is 5.78. The van der Waals surface area contributed by atoms with Crippen molar-refractivity contribution in [1.29, 1.82) is 0 Å². The lowest BCUT2D eigenvalue weighted by Gasteiger charge is -2.36. The summed E-state index contributed by atoms with van der Waals surface area (Å²) in [5.41, 5.74) is 1.90. The second-order valence-electron chi connectivity index (χ2n) is 6.42. The van der Waals surface area contributed by atoms with Crippen LogP contribution in [0.25, 0.3) is 0 Å². The maximum atomic E-state index is 14.0. The lowest BCUT2D eigenvalue weighted by atomic mass is 9.95. The predicted molar refractivity (Wildman–Crippen MR) is 97.5 cm³/mol. The number of benzene rings is 1. The number of aromatic nitrogens is 1. The number of anilines is 1. The number of fused-ring (bicyclic) bond motifs is 4. The SMILES string of the molecule is COc1cc(Cl)c(Cl)cc1NC(=O)N1C2CCC1c1ccnc(F)c1C2. The number of carbonyl (C=O) groups excluding carboxylic acids is 1. The van der Waals surface area contributed by atoms with Crippen molar-refractivity contribution in [3.05, 3.63) is 51.5 Å². The zero-order valence-electron chi connectivity index (χ0n) is 13.9. The molecule has 2 bridgehead atoms. The Kier molecular flexibility index (Phi) is 4.40. The largest absolute Gasteiger partial charge is 0.495 e. The number of nitrogens with one attached hydrogen (secondary N) is 1. The van der Waals surface area contributed by atoms with E-state index >= 15 is 0 Å². The van der Waals surface area contributed by atoms with Gasteiger partial charge in [0.2, 0.25) is 5.95 Å². The molecule has 2 aliphatic heterocycles. The van der Waals surface area contributed by atoms with Crippen LogP contribution in [0.1, 0.15) is 30.0 Å². The summed E-state index contributed by atoms with van der Waals surface area (Å²) in [6.45, 7) is 0.